The fraction of sp³-hybridized carbons (Fsp3) is 0.361. The van der Waals surface area contributed by atoms with Crippen LogP contribution in [0.2, 0.25) is 0 Å². The molecule has 5 aromatic rings. The summed E-state index contributed by atoms with van der Waals surface area (Å²) < 4.78 is 38.7. The third-order valence-corrected chi connectivity index (χ3v) is 15.4. The number of nitrogens with zero attached hydrogens (tertiary/aromatic N) is 3. The summed E-state index contributed by atoms with van der Waals surface area (Å²) in [5, 5.41) is 12.5. The normalized spacial score (nSPS) is 21.3. The van der Waals surface area contributed by atoms with E-state index < -0.39 is 95.2 Å². The first kappa shape index (κ1) is 56.0. The zero-order valence-electron chi connectivity index (χ0n) is 45.3. The van der Waals surface area contributed by atoms with Crippen molar-refractivity contribution in [3.63, 3.8) is 0 Å². The maximum atomic E-state index is 17.0. The van der Waals surface area contributed by atoms with Gasteiger partial charge >= 0.3 is 29.9 Å². The van der Waals surface area contributed by atoms with Crippen LogP contribution in [0.15, 0.2) is 115 Å². The fourth-order valence-corrected chi connectivity index (χ4v) is 11.8. The molecule has 4 heterocycles. The predicted molar refractivity (Wildman–Crippen MR) is 288 cm³/mol. The summed E-state index contributed by atoms with van der Waals surface area (Å²) in [6, 6.07) is 27.5. The molecule has 0 aliphatic carbocycles. The van der Waals surface area contributed by atoms with Crippen molar-refractivity contribution in [1.82, 2.24) is 15.1 Å². The van der Waals surface area contributed by atoms with Crippen LogP contribution in [0.1, 0.15) is 77.4 Å². The van der Waals surface area contributed by atoms with Gasteiger partial charge in [0.25, 0.3) is 0 Å². The SMILES string of the molecule is COC(=O)C(CC#Cc1ccc2c(c1)C1(C(=O)N2C(=O)NC(C(=O)OC)C(C)C)C(C(=O)N2CCc3cc(OC)c(OC)cc3C2)C2C(=O)OC(c3ccccc3)C(c3ccccc3)N2C1c1ccc(OCCO)cc1)C(=O)OC. The lowest BCUT2D eigenvalue weighted by Gasteiger charge is -2.46. The van der Waals surface area contributed by atoms with E-state index in [1.807, 2.05) is 71.6 Å². The van der Waals surface area contributed by atoms with E-state index >= 15 is 19.2 Å². The first-order chi connectivity index (χ1) is 38.7. The Hall–Kier alpha value is -8.73. The Labute approximate surface area is 462 Å². The van der Waals surface area contributed by atoms with Gasteiger partial charge in [-0.15, -0.1) is 0 Å². The van der Waals surface area contributed by atoms with Crippen molar-refractivity contribution in [2.24, 2.45) is 17.8 Å². The van der Waals surface area contributed by atoms with E-state index in [4.69, 9.17) is 33.2 Å². The molecular formula is C61H62N4O15. The summed E-state index contributed by atoms with van der Waals surface area (Å²) in [7, 11) is 6.49. The number of nitrogens with one attached hydrogen (secondary N) is 1. The maximum Gasteiger partial charge on any atom is 0.329 e. The van der Waals surface area contributed by atoms with Crippen molar-refractivity contribution in [1.29, 1.82) is 0 Å². The van der Waals surface area contributed by atoms with Gasteiger partial charge in [0, 0.05) is 25.1 Å². The molecule has 19 heteroatoms. The van der Waals surface area contributed by atoms with E-state index in [2.05, 4.69) is 17.2 Å². The fourth-order valence-electron chi connectivity index (χ4n) is 11.8. The van der Waals surface area contributed by atoms with Gasteiger partial charge in [0.15, 0.2) is 17.4 Å². The summed E-state index contributed by atoms with van der Waals surface area (Å²) in [4.78, 5) is 108. The van der Waals surface area contributed by atoms with Crippen molar-refractivity contribution in [3.8, 4) is 29.1 Å². The van der Waals surface area contributed by atoms with Crippen LogP contribution < -0.4 is 24.4 Å². The van der Waals surface area contributed by atoms with Gasteiger partial charge in [-0.05, 0) is 88.2 Å². The largest absolute Gasteiger partial charge is 0.493 e. The average Bonchev–Trinajstić information content (AvgIpc) is 3.12. The molecular weight excluding hydrogens is 1030 g/mol. The zero-order chi connectivity index (χ0) is 57.0. The molecule has 2 saturated heterocycles. The Kier molecular flexibility index (Phi) is 16.6. The molecule has 2 fully saturated rings. The Morgan fingerprint density at radius 1 is 0.750 bits per heavy atom. The Bertz CT molecular complexity index is 3230. The minimum atomic E-state index is -2.24. The zero-order valence-corrected chi connectivity index (χ0v) is 45.3. The number of morpholine rings is 1. The van der Waals surface area contributed by atoms with Crippen LogP contribution in [0.25, 0.3) is 0 Å². The molecule has 0 aromatic heterocycles. The predicted octanol–water partition coefficient (Wildman–Crippen LogP) is 5.94. The number of carbonyl (C=O) groups is 7. The van der Waals surface area contributed by atoms with Gasteiger partial charge in [-0.3, -0.25) is 28.9 Å². The molecule has 0 saturated carbocycles. The summed E-state index contributed by atoms with van der Waals surface area (Å²) in [5.41, 5.74) is 1.48. The van der Waals surface area contributed by atoms with Gasteiger partial charge in [0.1, 0.15) is 36.0 Å². The molecule has 0 radical (unpaired) electrons. The second-order valence-corrected chi connectivity index (χ2v) is 20.1. The number of carbonyl (C=O) groups excluding carboxylic acids is 7. The molecule has 4 aliphatic heterocycles. The van der Waals surface area contributed by atoms with E-state index in [0.29, 0.717) is 40.4 Å². The summed E-state index contributed by atoms with van der Waals surface area (Å²) in [6.45, 7) is 3.26. The van der Waals surface area contributed by atoms with Gasteiger partial charge in [0.05, 0.1) is 65.8 Å². The first-order valence-electron chi connectivity index (χ1n) is 26.1. The van der Waals surface area contributed by atoms with Crippen LogP contribution in [-0.2, 0) is 66.1 Å². The standard InChI is InChI=1S/C61H62N4O15/c1-35(2)49(57(70)78-7)62-60(73)64-45-26-21-36(15-14-20-43(55(68)76-5)56(69)77-6)31-44(45)61(59(64)72)48(54(67)63-28-27-40-32-46(74-3)47(75-4)33-41(40)34-63)51-58(71)80-52(38-18-12-9-13-19-38)50(37-16-10-8-11-17-37)65(51)53(61)39-22-24-42(25-23-39)79-30-29-66/h8-13,16-19,21-26,31-33,35,43,48-53,66H,20,27-30,34H2,1-7H3,(H,62,73). The van der Waals surface area contributed by atoms with Gasteiger partial charge in [-0.1, -0.05) is 98.5 Å². The van der Waals surface area contributed by atoms with E-state index in [0.717, 1.165) is 30.2 Å². The number of hydrogen-bond donors (Lipinski definition) is 2. The molecule has 7 unspecified atom stereocenters. The number of aliphatic hydroxyl groups is 1. The van der Waals surface area contributed by atoms with E-state index in [9.17, 15) is 19.5 Å². The van der Waals surface area contributed by atoms with Crippen molar-refractivity contribution in [2.45, 2.75) is 68.9 Å². The maximum absolute atomic E-state index is 17.0. The average molecular weight is 1090 g/mol. The number of ether oxygens (including phenoxy) is 7. The quantitative estimate of drug-likeness (QED) is 0.0536. The molecule has 19 nitrogen and oxygen atoms in total. The number of amides is 4. The molecule has 80 heavy (non-hydrogen) atoms. The monoisotopic (exact) mass is 1090 g/mol. The lowest BCUT2D eigenvalue weighted by Crippen LogP contribution is -2.58. The highest BCUT2D eigenvalue weighted by Gasteiger charge is 2.76. The highest BCUT2D eigenvalue weighted by molar-refractivity contribution is 6.25. The van der Waals surface area contributed by atoms with Gasteiger partial charge in [0.2, 0.25) is 11.8 Å². The van der Waals surface area contributed by atoms with Crippen LogP contribution >= 0.6 is 0 Å². The highest BCUT2D eigenvalue weighted by Crippen LogP contribution is 2.66. The van der Waals surface area contributed by atoms with Gasteiger partial charge in [-0.25, -0.2) is 14.5 Å². The minimum absolute atomic E-state index is 0.0167. The minimum Gasteiger partial charge on any atom is -0.493 e. The van der Waals surface area contributed by atoms with Crippen molar-refractivity contribution >= 4 is 47.4 Å². The van der Waals surface area contributed by atoms with Crippen LogP contribution in [0.4, 0.5) is 10.5 Å². The van der Waals surface area contributed by atoms with Crippen molar-refractivity contribution < 1.29 is 71.8 Å². The van der Waals surface area contributed by atoms with Crippen LogP contribution in [0.5, 0.6) is 17.2 Å². The van der Waals surface area contributed by atoms with E-state index in [1.54, 1.807) is 61.2 Å². The third kappa shape index (κ3) is 10.0. The summed E-state index contributed by atoms with van der Waals surface area (Å²) in [5.74, 6) is -1.22. The number of cyclic esters (lactones) is 1. The van der Waals surface area contributed by atoms with Crippen LogP contribution in [0, 0.1) is 29.6 Å². The summed E-state index contributed by atoms with van der Waals surface area (Å²) >= 11 is 0. The number of benzene rings is 5. The number of anilines is 1. The summed E-state index contributed by atoms with van der Waals surface area (Å²) in [6.07, 6.45) is -1.01. The molecule has 4 amide bonds. The number of esters is 4. The van der Waals surface area contributed by atoms with Crippen LogP contribution in [-0.4, -0.2) is 124 Å². The third-order valence-electron chi connectivity index (χ3n) is 15.4. The van der Waals surface area contributed by atoms with E-state index in [1.165, 1.54) is 27.4 Å². The molecule has 0 bridgehead atoms. The Balaban J connectivity index is 1.36. The highest BCUT2D eigenvalue weighted by atomic mass is 16.6. The van der Waals surface area contributed by atoms with E-state index in [-0.39, 0.29) is 49.5 Å². The number of fused-ring (bicyclic) bond motifs is 4. The number of hydrogen-bond acceptors (Lipinski definition) is 16. The lowest BCUT2D eigenvalue weighted by molar-refractivity contribution is -0.179. The second kappa shape index (κ2) is 23.7. The molecule has 7 atom stereocenters. The van der Waals surface area contributed by atoms with Crippen molar-refractivity contribution in [3.05, 3.63) is 154 Å². The molecule has 4 aliphatic rings. The van der Waals surface area contributed by atoms with Gasteiger partial charge < -0.3 is 48.5 Å². The Morgan fingerprint density at radius 2 is 1.38 bits per heavy atom. The Morgan fingerprint density at radius 3 is 1.98 bits per heavy atom. The second-order valence-electron chi connectivity index (χ2n) is 20.1. The smallest absolute Gasteiger partial charge is 0.329 e. The molecule has 9 rings (SSSR count). The topological polar surface area (TPSA) is 226 Å². The lowest BCUT2D eigenvalue weighted by atomic mass is 9.64. The number of urea groups is 1. The number of aliphatic hydroxyl groups excluding tert-OH is 1. The van der Waals surface area contributed by atoms with Crippen LogP contribution in [0.3, 0.4) is 0 Å². The number of rotatable bonds is 15. The molecule has 5 aromatic carbocycles. The van der Waals surface area contributed by atoms with Crippen molar-refractivity contribution in [2.75, 3.05) is 60.2 Å². The number of imide groups is 1. The van der Waals surface area contributed by atoms with Gasteiger partial charge in [-0.2, -0.15) is 0 Å². The molecule has 2 N–H and O–H groups in total. The first-order valence-corrected chi connectivity index (χ1v) is 26.1. The number of methoxy groups -OCH3 is 5. The molecule has 416 valence electrons. The molecule has 1 spiro atoms.